The smallest absolute Gasteiger partial charge is 0.410 e. The average molecular weight is 418 g/mol. The minimum Gasteiger partial charge on any atom is -0.472 e. The molecule has 0 aliphatic carbocycles. The number of aromatic nitrogens is 2. The molecule has 0 spiro atoms. The molecule has 1 fully saturated rings. The van der Waals surface area contributed by atoms with Crippen LogP contribution in [0.5, 0.6) is 5.88 Å². The molecule has 1 saturated heterocycles. The number of nitrogens with zero attached hydrogens (tertiary/aromatic N) is 3. The Morgan fingerprint density at radius 2 is 1.93 bits per heavy atom. The Balaban J connectivity index is 1.41. The summed E-state index contributed by atoms with van der Waals surface area (Å²) in [7, 11) is 0. The zero-order valence-corrected chi connectivity index (χ0v) is 16.4. The van der Waals surface area contributed by atoms with E-state index in [1.165, 1.54) is 0 Å². The summed E-state index contributed by atoms with van der Waals surface area (Å²) in [6, 6.07) is 14.8. The van der Waals surface area contributed by atoms with Gasteiger partial charge in [0.25, 0.3) is 0 Å². The SMILES string of the molecule is O=C1OCCN1Cc1cc(COc2ccn(-c3ccc(Cl)cc3)n2)ccc1Cl. The lowest BCUT2D eigenvalue weighted by atomic mass is 10.1. The van der Waals surface area contributed by atoms with Gasteiger partial charge in [0.2, 0.25) is 5.88 Å². The van der Waals surface area contributed by atoms with Crippen molar-refractivity contribution in [3.8, 4) is 11.6 Å². The molecule has 0 atom stereocenters. The molecule has 0 radical (unpaired) electrons. The Hall–Kier alpha value is -2.70. The van der Waals surface area contributed by atoms with Crippen molar-refractivity contribution in [3.05, 3.63) is 75.9 Å². The van der Waals surface area contributed by atoms with Crippen LogP contribution in [0.4, 0.5) is 4.79 Å². The van der Waals surface area contributed by atoms with Crippen molar-refractivity contribution in [3.63, 3.8) is 0 Å². The molecule has 1 aliphatic rings. The minimum absolute atomic E-state index is 0.314. The maximum atomic E-state index is 11.6. The topological polar surface area (TPSA) is 56.6 Å². The fourth-order valence-electron chi connectivity index (χ4n) is 2.89. The first-order valence-electron chi connectivity index (χ1n) is 8.72. The van der Waals surface area contributed by atoms with E-state index < -0.39 is 0 Å². The van der Waals surface area contributed by atoms with Crippen LogP contribution in [0, 0.1) is 0 Å². The Kier molecular flexibility index (Phi) is 5.41. The van der Waals surface area contributed by atoms with Crippen LogP contribution in [0.3, 0.4) is 0 Å². The number of ether oxygens (including phenoxy) is 2. The first-order valence-corrected chi connectivity index (χ1v) is 9.47. The predicted octanol–water partition coefficient (Wildman–Crippen LogP) is 4.71. The number of hydrogen-bond acceptors (Lipinski definition) is 4. The van der Waals surface area contributed by atoms with E-state index in [0.29, 0.717) is 42.2 Å². The minimum atomic E-state index is -0.314. The summed E-state index contributed by atoms with van der Waals surface area (Å²) in [5, 5.41) is 5.70. The third kappa shape index (κ3) is 4.24. The molecule has 2 aromatic carbocycles. The van der Waals surface area contributed by atoms with Gasteiger partial charge in [-0.2, -0.15) is 0 Å². The van der Waals surface area contributed by atoms with Gasteiger partial charge in [-0.1, -0.05) is 29.3 Å². The molecule has 2 heterocycles. The van der Waals surface area contributed by atoms with Crippen molar-refractivity contribution in [1.29, 1.82) is 0 Å². The summed E-state index contributed by atoms with van der Waals surface area (Å²) in [6.07, 6.45) is 1.51. The maximum absolute atomic E-state index is 11.6. The largest absolute Gasteiger partial charge is 0.472 e. The lowest BCUT2D eigenvalue weighted by molar-refractivity contribution is 0.157. The fraction of sp³-hybridized carbons (Fsp3) is 0.200. The molecule has 0 bridgehead atoms. The summed E-state index contributed by atoms with van der Waals surface area (Å²) >= 11 is 12.2. The summed E-state index contributed by atoms with van der Waals surface area (Å²) in [4.78, 5) is 13.3. The van der Waals surface area contributed by atoms with Crippen molar-refractivity contribution in [2.24, 2.45) is 0 Å². The van der Waals surface area contributed by atoms with E-state index in [1.54, 1.807) is 15.6 Å². The van der Waals surface area contributed by atoms with Crippen LogP contribution in [-0.4, -0.2) is 33.9 Å². The number of cyclic esters (lactones) is 1. The number of carbonyl (C=O) groups is 1. The van der Waals surface area contributed by atoms with Gasteiger partial charge in [-0.05, 0) is 47.5 Å². The highest BCUT2D eigenvalue weighted by Crippen LogP contribution is 2.22. The fourth-order valence-corrected chi connectivity index (χ4v) is 3.20. The van der Waals surface area contributed by atoms with E-state index in [2.05, 4.69) is 5.10 Å². The first-order chi connectivity index (χ1) is 13.6. The van der Waals surface area contributed by atoms with Crippen molar-refractivity contribution >= 4 is 29.3 Å². The number of halogens is 2. The normalized spacial score (nSPS) is 13.6. The Labute approximate surface area is 172 Å². The summed E-state index contributed by atoms with van der Waals surface area (Å²) in [5.41, 5.74) is 2.69. The molecule has 28 heavy (non-hydrogen) atoms. The third-order valence-corrected chi connectivity index (χ3v) is 4.98. The van der Waals surface area contributed by atoms with Gasteiger partial charge in [0.1, 0.15) is 13.2 Å². The standard InChI is InChI=1S/C20H17Cl2N3O3/c21-16-2-4-17(5-3-16)25-8-7-19(23-25)28-13-14-1-6-18(22)15(11-14)12-24-9-10-27-20(24)26/h1-8,11H,9-10,12-13H2. The molecule has 144 valence electrons. The Morgan fingerprint density at radius 1 is 1.11 bits per heavy atom. The number of carbonyl (C=O) groups excluding carboxylic acids is 1. The van der Waals surface area contributed by atoms with E-state index in [0.717, 1.165) is 16.8 Å². The average Bonchev–Trinajstić information content (AvgIpc) is 3.32. The van der Waals surface area contributed by atoms with Crippen molar-refractivity contribution < 1.29 is 14.3 Å². The van der Waals surface area contributed by atoms with Gasteiger partial charge < -0.3 is 14.4 Å². The quantitative estimate of drug-likeness (QED) is 0.582. The number of rotatable bonds is 6. The molecule has 0 N–H and O–H groups in total. The van der Waals surface area contributed by atoms with Crippen LogP contribution in [0.2, 0.25) is 10.0 Å². The number of amides is 1. The number of benzene rings is 2. The van der Waals surface area contributed by atoms with Gasteiger partial charge in [0, 0.05) is 22.3 Å². The molecule has 0 unspecified atom stereocenters. The highest BCUT2D eigenvalue weighted by molar-refractivity contribution is 6.31. The lowest BCUT2D eigenvalue weighted by Gasteiger charge is -2.14. The van der Waals surface area contributed by atoms with Gasteiger partial charge in [-0.25, -0.2) is 9.48 Å². The monoisotopic (exact) mass is 417 g/mol. The molecular formula is C20H17Cl2N3O3. The summed E-state index contributed by atoms with van der Waals surface area (Å²) < 4.78 is 12.5. The summed E-state index contributed by atoms with van der Waals surface area (Å²) in [6.45, 7) is 1.73. The zero-order valence-electron chi connectivity index (χ0n) is 14.8. The molecule has 0 saturated carbocycles. The summed E-state index contributed by atoms with van der Waals surface area (Å²) in [5.74, 6) is 0.509. The van der Waals surface area contributed by atoms with Crippen molar-refractivity contribution in [1.82, 2.24) is 14.7 Å². The van der Waals surface area contributed by atoms with E-state index in [4.69, 9.17) is 32.7 Å². The highest BCUT2D eigenvalue weighted by Gasteiger charge is 2.22. The van der Waals surface area contributed by atoms with Gasteiger partial charge in [0.15, 0.2) is 0 Å². The van der Waals surface area contributed by atoms with E-state index in [1.807, 2.05) is 48.7 Å². The maximum Gasteiger partial charge on any atom is 0.410 e. The van der Waals surface area contributed by atoms with E-state index >= 15 is 0 Å². The van der Waals surface area contributed by atoms with Gasteiger partial charge >= 0.3 is 6.09 Å². The lowest BCUT2D eigenvalue weighted by Crippen LogP contribution is -2.23. The molecule has 1 amide bonds. The van der Waals surface area contributed by atoms with Crippen molar-refractivity contribution in [2.75, 3.05) is 13.2 Å². The number of hydrogen-bond donors (Lipinski definition) is 0. The van der Waals surface area contributed by atoms with Crippen LogP contribution in [-0.2, 0) is 17.9 Å². The van der Waals surface area contributed by atoms with Gasteiger partial charge in [0.05, 0.1) is 18.8 Å². The van der Waals surface area contributed by atoms with Crippen LogP contribution in [0.25, 0.3) is 5.69 Å². The second-order valence-corrected chi connectivity index (χ2v) is 7.17. The van der Waals surface area contributed by atoms with Crippen molar-refractivity contribution in [2.45, 2.75) is 13.2 Å². The zero-order chi connectivity index (χ0) is 19.5. The van der Waals surface area contributed by atoms with Crippen LogP contribution in [0.1, 0.15) is 11.1 Å². The molecule has 6 nitrogen and oxygen atoms in total. The first kappa shape index (κ1) is 18.7. The molecule has 8 heteroatoms. The van der Waals surface area contributed by atoms with Crippen LogP contribution in [0.15, 0.2) is 54.7 Å². The van der Waals surface area contributed by atoms with Gasteiger partial charge in [-0.3, -0.25) is 0 Å². The van der Waals surface area contributed by atoms with Gasteiger partial charge in [-0.15, -0.1) is 5.10 Å². The van der Waals surface area contributed by atoms with E-state index in [-0.39, 0.29) is 6.09 Å². The van der Waals surface area contributed by atoms with E-state index in [9.17, 15) is 4.79 Å². The molecular weight excluding hydrogens is 401 g/mol. The third-order valence-electron chi connectivity index (χ3n) is 4.36. The Bertz CT molecular complexity index is 989. The molecule has 1 aliphatic heterocycles. The van der Waals surface area contributed by atoms with Crippen LogP contribution >= 0.6 is 23.2 Å². The van der Waals surface area contributed by atoms with Crippen LogP contribution < -0.4 is 4.74 Å². The molecule has 4 rings (SSSR count). The Morgan fingerprint density at radius 3 is 2.68 bits per heavy atom. The molecule has 1 aromatic heterocycles. The second kappa shape index (κ2) is 8.12. The highest BCUT2D eigenvalue weighted by atomic mass is 35.5. The second-order valence-electron chi connectivity index (χ2n) is 6.33. The predicted molar refractivity (Wildman–Crippen MR) is 106 cm³/mol. The molecule has 3 aromatic rings.